The van der Waals surface area contributed by atoms with Gasteiger partial charge in [0.05, 0.1) is 10.6 Å². The monoisotopic (exact) mass is 299 g/mol. The van der Waals surface area contributed by atoms with Crippen molar-refractivity contribution in [1.29, 1.82) is 0 Å². The van der Waals surface area contributed by atoms with Crippen LogP contribution in [0.1, 0.15) is 27.2 Å². The third-order valence-electron chi connectivity index (χ3n) is 2.75. The molecule has 0 heterocycles. The second-order valence-electron chi connectivity index (χ2n) is 5.45. The van der Waals surface area contributed by atoms with Crippen molar-refractivity contribution in [3.63, 3.8) is 0 Å². The highest BCUT2D eigenvalue weighted by atomic mass is 35.5. The molecular formula is C15H22ClNO3. The van der Waals surface area contributed by atoms with Crippen LogP contribution in [0.4, 0.5) is 0 Å². The molecule has 0 bridgehead atoms. The van der Waals surface area contributed by atoms with Crippen LogP contribution in [0.5, 0.6) is 5.75 Å². The van der Waals surface area contributed by atoms with Crippen LogP contribution in [0.3, 0.4) is 0 Å². The Balaban J connectivity index is 2.76. The van der Waals surface area contributed by atoms with E-state index < -0.39 is 11.7 Å². The van der Waals surface area contributed by atoms with Crippen LogP contribution in [-0.4, -0.2) is 41.2 Å². The molecule has 112 valence electrons. The smallest absolute Gasteiger partial charge is 0.263 e. The van der Waals surface area contributed by atoms with Crippen molar-refractivity contribution in [2.24, 2.45) is 0 Å². The zero-order chi connectivity index (χ0) is 15.3. The molecule has 0 spiro atoms. The number of carbonyl (C=O) groups is 1. The molecule has 0 saturated carbocycles. The molecule has 0 aromatic heterocycles. The minimum Gasteiger partial charge on any atom is -0.479 e. The van der Waals surface area contributed by atoms with Crippen molar-refractivity contribution in [1.82, 2.24) is 4.90 Å². The highest BCUT2D eigenvalue weighted by molar-refractivity contribution is 6.32. The van der Waals surface area contributed by atoms with Crippen molar-refractivity contribution in [3.05, 3.63) is 29.3 Å². The highest BCUT2D eigenvalue weighted by Crippen LogP contribution is 2.25. The van der Waals surface area contributed by atoms with E-state index in [1.165, 1.54) is 4.90 Å². The average Bonchev–Trinajstić information content (AvgIpc) is 2.35. The van der Waals surface area contributed by atoms with Crippen LogP contribution in [0.25, 0.3) is 0 Å². The van der Waals surface area contributed by atoms with Crippen LogP contribution in [-0.2, 0) is 4.79 Å². The number of halogens is 1. The third kappa shape index (κ3) is 5.02. The molecule has 1 unspecified atom stereocenters. The Bertz CT molecular complexity index is 457. The molecule has 1 rings (SSSR count). The normalized spacial score (nSPS) is 12.9. The predicted octanol–water partition coefficient (Wildman–Crippen LogP) is 2.73. The van der Waals surface area contributed by atoms with E-state index in [1.807, 2.05) is 6.92 Å². The number of aliphatic hydroxyl groups is 1. The number of ether oxygens (including phenoxy) is 1. The van der Waals surface area contributed by atoms with Gasteiger partial charge < -0.3 is 14.7 Å². The fraction of sp³-hybridized carbons (Fsp3) is 0.533. The molecule has 1 amide bonds. The zero-order valence-corrected chi connectivity index (χ0v) is 13.1. The molecule has 1 aromatic carbocycles. The quantitative estimate of drug-likeness (QED) is 0.878. The van der Waals surface area contributed by atoms with E-state index in [0.717, 1.165) is 0 Å². The molecule has 0 aliphatic rings. The van der Waals surface area contributed by atoms with Crippen molar-refractivity contribution >= 4 is 17.5 Å². The van der Waals surface area contributed by atoms with Crippen molar-refractivity contribution in [3.8, 4) is 5.75 Å². The number of benzene rings is 1. The highest BCUT2D eigenvalue weighted by Gasteiger charge is 2.26. The minimum absolute atomic E-state index is 0.172. The first-order valence-corrected chi connectivity index (χ1v) is 7.01. The summed E-state index contributed by atoms with van der Waals surface area (Å²) in [6.07, 6.45) is -0.0810. The molecular weight excluding hydrogens is 278 g/mol. The molecule has 0 aliphatic carbocycles. The van der Waals surface area contributed by atoms with Gasteiger partial charge in [0.2, 0.25) is 0 Å². The third-order valence-corrected chi connectivity index (χ3v) is 3.06. The van der Waals surface area contributed by atoms with Crippen molar-refractivity contribution in [2.75, 3.05) is 13.6 Å². The maximum atomic E-state index is 12.3. The average molecular weight is 300 g/mol. The molecule has 0 aliphatic heterocycles. The lowest BCUT2D eigenvalue weighted by Gasteiger charge is -2.28. The van der Waals surface area contributed by atoms with Gasteiger partial charge in [0.15, 0.2) is 6.10 Å². The Hall–Kier alpha value is -1.26. The Morgan fingerprint density at radius 3 is 2.55 bits per heavy atom. The van der Waals surface area contributed by atoms with Gasteiger partial charge in [-0.25, -0.2) is 0 Å². The Kier molecular flexibility index (Phi) is 5.84. The molecule has 0 radical (unpaired) electrons. The molecule has 1 N–H and O–H groups in total. The van der Waals surface area contributed by atoms with Crippen molar-refractivity contribution < 1.29 is 14.6 Å². The molecule has 5 heteroatoms. The molecule has 20 heavy (non-hydrogen) atoms. The summed E-state index contributed by atoms with van der Waals surface area (Å²) in [6, 6.07) is 7.06. The first-order valence-electron chi connectivity index (χ1n) is 6.63. The number of amides is 1. The Morgan fingerprint density at radius 2 is 2.05 bits per heavy atom. The lowest BCUT2D eigenvalue weighted by Crippen LogP contribution is -2.45. The second kappa shape index (κ2) is 6.95. The topological polar surface area (TPSA) is 49.8 Å². The lowest BCUT2D eigenvalue weighted by atomic mass is 10.1. The summed E-state index contributed by atoms with van der Waals surface area (Å²) in [7, 11) is 1.65. The fourth-order valence-electron chi connectivity index (χ4n) is 1.91. The van der Waals surface area contributed by atoms with Crippen molar-refractivity contribution in [2.45, 2.75) is 38.9 Å². The number of para-hydroxylation sites is 1. The minimum atomic E-state index is -0.937. The molecule has 0 fully saturated rings. The van der Waals surface area contributed by atoms with Crippen LogP contribution in [0, 0.1) is 0 Å². The van der Waals surface area contributed by atoms with E-state index in [1.54, 1.807) is 45.2 Å². The summed E-state index contributed by atoms with van der Waals surface area (Å²) in [6.45, 7) is 5.44. The van der Waals surface area contributed by atoms with Gasteiger partial charge in [-0.1, -0.05) is 30.7 Å². The number of carbonyl (C=O) groups excluding carboxylic acids is 1. The SMILES string of the molecule is CCC(Oc1ccccc1Cl)C(=O)N(C)CC(C)(C)O. The number of rotatable bonds is 6. The number of likely N-dealkylation sites (N-methyl/N-ethyl adjacent to an activating group) is 1. The first kappa shape index (κ1) is 16.8. The zero-order valence-electron chi connectivity index (χ0n) is 12.4. The van der Waals surface area contributed by atoms with E-state index in [4.69, 9.17) is 16.3 Å². The number of hydrogen-bond acceptors (Lipinski definition) is 3. The largest absolute Gasteiger partial charge is 0.479 e. The summed E-state index contributed by atoms with van der Waals surface area (Å²) in [5.74, 6) is 0.320. The van der Waals surface area contributed by atoms with Crippen LogP contribution < -0.4 is 4.74 Å². The number of nitrogens with zero attached hydrogens (tertiary/aromatic N) is 1. The summed E-state index contributed by atoms with van der Waals surface area (Å²) in [5, 5.41) is 10.2. The predicted molar refractivity (Wildman–Crippen MR) is 80.1 cm³/mol. The van der Waals surface area contributed by atoms with Gasteiger partial charge in [0, 0.05) is 13.6 Å². The summed E-state index contributed by atoms with van der Waals surface area (Å²) in [5.41, 5.74) is -0.937. The first-order chi connectivity index (χ1) is 9.24. The fourth-order valence-corrected chi connectivity index (χ4v) is 2.09. The van der Waals surface area contributed by atoms with Gasteiger partial charge in [-0.2, -0.15) is 0 Å². The van der Waals surface area contributed by atoms with Gasteiger partial charge in [-0.3, -0.25) is 4.79 Å². The number of hydrogen-bond donors (Lipinski definition) is 1. The van der Waals surface area contributed by atoms with E-state index in [2.05, 4.69) is 0 Å². The second-order valence-corrected chi connectivity index (χ2v) is 5.86. The van der Waals surface area contributed by atoms with Gasteiger partial charge in [-0.15, -0.1) is 0 Å². The molecule has 1 atom stereocenters. The van der Waals surface area contributed by atoms with E-state index >= 15 is 0 Å². The standard InChI is InChI=1S/C15H22ClNO3/c1-5-12(14(18)17(4)10-15(2,3)19)20-13-9-7-6-8-11(13)16/h6-9,12,19H,5,10H2,1-4H3. The maximum Gasteiger partial charge on any atom is 0.263 e. The molecule has 4 nitrogen and oxygen atoms in total. The summed E-state index contributed by atoms with van der Waals surface area (Å²) < 4.78 is 5.69. The Morgan fingerprint density at radius 1 is 1.45 bits per heavy atom. The summed E-state index contributed by atoms with van der Waals surface area (Å²) >= 11 is 6.03. The van der Waals surface area contributed by atoms with Crippen LogP contribution >= 0.6 is 11.6 Å². The van der Waals surface area contributed by atoms with Gasteiger partial charge in [0.25, 0.3) is 5.91 Å². The van der Waals surface area contributed by atoms with E-state index in [9.17, 15) is 9.90 Å². The van der Waals surface area contributed by atoms with E-state index in [-0.39, 0.29) is 12.5 Å². The van der Waals surface area contributed by atoms with E-state index in [0.29, 0.717) is 17.2 Å². The summed E-state index contributed by atoms with van der Waals surface area (Å²) in [4.78, 5) is 13.8. The Labute approximate surface area is 125 Å². The van der Waals surface area contributed by atoms with Crippen LogP contribution in [0.15, 0.2) is 24.3 Å². The molecule has 1 aromatic rings. The van der Waals surface area contributed by atoms with Gasteiger partial charge >= 0.3 is 0 Å². The van der Waals surface area contributed by atoms with Gasteiger partial charge in [-0.05, 0) is 32.4 Å². The maximum absolute atomic E-state index is 12.3. The lowest BCUT2D eigenvalue weighted by molar-refractivity contribution is -0.140. The van der Waals surface area contributed by atoms with Gasteiger partial charge in [0.1, 0.15) is 5.75 Å². The van der Waals surface area contributed by atoms with Crippen LogP contribution in [0.2, 0.25) is 5.02 Å². The molecule has 0 saturated heterocycles.